The topological polar surface area (TPSA) is 0 Å². The first kappa shape index (κ1) is 82.0. The first-order chi connectivity index (χ1) is 35.5. The normalized spacial score (nSPS) is 17.7. The van der Waals surface area contributed by atoms with E-state index in [9.17, 15) is 220 Å². The first-order valence-corrected chi connectivity index (χ1v) is 21.7. The summed E-state index contributed by atoms with van der Waals surface area (Å²) in [5.41, 5.74) is 0. The molecule has 506 valence electrons. The number of unbranched alkanes of at least 4 members (excludes halogenated alkanes) is 1. The lowest BCUT2D eigenvalue weighted by Crippen LogP contribution is -2.78. The van der Waals surface area contributed by atoms with Crippen LogP contribution >= 0.6 is 45.2 Å². The third kappa shape index (κ3) is 11.0. The Balaban J connectivity index is 6.74. The summed E-state index contributed by atoms with van der Waals surface area (Å²) in [5, 5.41) is 0. The van der Waals surface area contributed by atoms with Crippen molar-refractivity contribution < 1.29 is 220 Å². The molecule has 0 nitrogen and oxygen atoms in total. The summed E-state index contributed by atoms with van der Waals surface area (Å²) in [4.78, 5) is 0. The van der Waals surface area contributed by atoms with Crippen molar-refractivity contribution in [3.05, 3.63) is 0 Å². The van der Waals surface area contributed by atoms with E-state index in [1.165, 1.54) is 0 Å². The van der Waals surface area contributed by atoms with E-state index in [0.29, 0.717) is 0 Å². The number of rotatable bonds is 29. The van der Waals surface area contributed by atoms with Gasteiger partial charge in [-0.15, -0.1) is 0 Å². The predicted molar refractivity (Wildman–Crippen MR) is 184 cm³/mol. The van der Waals surface area contributed by atoms with Gasteiger partial charge < -0.3 is 0 Å². The maximum atomic E-state index is 14.5. The molecule has 0 saturated heterocycles. The Morgan fingerprint density at radius 2 is 0.274 bits per heavy atom. The zero-order valence-electron chi connectivity index (χ0n) is 37.1. The minimum Gasteiger partial charge on any atom is -0.200 e. The van der Waals surface area contributed by atoms with Crippen LogP contribution in [0.15, 0.2) is 0 Å². The molecule has 0 aliphatic carbocycles. The van der Waals surface area contributed by atoms with Crippen LogP contribution < -0.4 is 0 Å². The molecule has 0 aromatic heterocycles. The quantitative estimate of drug-likeness (QED) is 0.0303. The second kappa shape index (κ2) is 21.8. The van der Waals surface area contributed by atoms with E-state index in [4.69, 9.17) is 0 Å². The maximum Gasteiger partial charge on any atom is 0.460 e. The Hall–Kier alpha value is -2.04. The Labute approximate surface area is 453 Å². The Bertz CT molecular complexity index is 2100. The molecule has 0 bridgehead atoms. The molecule has 0 aromatic carbocycles. The monoisotopic (exact) mass is 1600 g/mol. The largest absolute Gasteiger partial charge is 0.460 e. The smallest absolute Gasteiger partial charge is 0.200 e. The molecule has 52 heteroatoms. The van der Waals surface area contributed by atoms with Crippen molar-refractivity contribution in [3.8, 4) is 0 Å². The van der Waals surface area contributed by atoms with E-state index in [1.54, 1.807) is 0 Å². The molecule has 0 aliphatic rings. The number of alkyl halides is 52. The van der Waals surface area contributed by atoms with E-state index < -0.39 is 189 Å². The molecule has 84 heavy (non-hydrogen) atoms. The second-order valence-corrected chi connectivity index (χ2v) is 20.3. The number of hydrogen-bond donors (Lipinski definition) is 0. The van der Waals surface area contributed by atoms with Crippen LogP contribution in [0.4, 0.5) is 220 Å². The first-order valence-electron chi connectivity index (χ1n) is 19.2. The Kier molecular flexibility index (Phi) is 21.3. The molecule has 0 aromatic rings. The SMILES string of the molecule is FC(F)(F)C(F)(F)C(F)(F)C(F)(F)C(F)(F)C(F)(F)C(F)(F)C(F)(F)C(F)(F)C(F)(F)C(F)(F)C(F)(F)CC(I)CCCCC(I)CC(F)(F)C(F)(F)C(F)(F)C(F)(F)C(F)(F)C(F)(F)C(F)(F)C(F)(F)C(F)(F)C(F)(F)C(F)(F)C(F)(F)F. The average Bonchev–Trinajstić information content (AvgIpc) is 3.25. The molecule has 0 amide bonds. The van der Waals surface area contributed by atoms with Gasteiger partial charge in [0.05, 0.1) is 0 Å². The summed E-state index contributed by atoms with van der Waals surface area (Å²) >= 11 is 0.390. The minimum absolute atomic E-state index is 0.195. The van der Waals surface area contributed by atoms with Gasteiger partial charge in [0, 0.05) is 20.7 Å². The highest BCUT2D eigenvalue weighted by molar-refractivity contribution is 14.1. The standard InChI is InChI=1S/C32H14F50I2/c33-9(34,11(37,38)13(41,42)15(45,46)17(49,50)19(53,54)21(57,58)23(61,62)25(65,66)27(69,70)29(73,74)31(77,78)79)5-7(83)3-1-2-4-8(84)6-10(35,36)12(39,40)14(43,44)16(47,48)18(51,52)20(55,56)22(59,60)24(63,64)26(67,68)28(71,72)30(75,76)32(80,81)82/h7-8H,1-6H2. The van der Waals surface area contributed by atoms with Crippen LogP contribution in [0.3, 0.4) is 0 Å². The van der Waals surface area contributed by atoms with E-state index in [-0.39, 0.29) is 45.2 Å². The van der Waals surface area contributed by atoms with Crippen LogP contribution in [0.2, 0.25) is 0 Å². The third-order valence-corrected chi connectivity index (χ3v) is 13.1. The molecular weight excluding hydrogens is 1590 g/mol. The third-order valence-electron chi connectivity index (χ3n) is 11.0. The summed E-state index contributed by atoms with van der Waals surface area (Å²) in [6.07, 6.45) is -29.8. The molecule has 2 unspecified atom stereocenters. The lowest BCUT2D eigenvalue weighted by atomic mass is 9.84. The number of halogens is 52. The molecular formula is C32H14F50I2. The maximum absolute atomic E-state index is 14.5. The zero-order chi connectivity index (χ0) is 69.4. The van der Waals surface area contributed by atoms with Gasteiger partial charge in [0.2, 0.25) is 0 Å². The second-order valence-electron chi connectivity index (χ2n) is 16.8. The van der Waals surface area contributed by atoms with Crippen molar-refractivity contribution >= 4 is 45.2 Å². The minimum atomic E-state index is -9.93. The summed E-state index contributed by atoms with van der Waals surface area (Å²) in [6, 6.07) is 0. The lowest BCUT2D eigenvalue weighted by Gasteiger charge is -2.45. The Morgan fingerprint density at radius 3 is 0.393 bits per heavy atom. The van der Waals surface area contributed by atoms with Crippen LogP contribution in [-0.4, -0.2) is 150 Å². The summed E-state index contributed by atoms with van der Waals surface area (Å²) in [7, 11) is 0. The van der Waals surface area contributed by atoms with Crippen molar-refractivity contribution in [2.75, 3.05) is 0 Å². The number of hydrogen-bond acceptors (Lipinski definition) is 0. The molecule has 0 saturated carbocycles. The van der Waals surface area contributed by atoms with Crippen LogP contribution in [0, 0.1) is 0 Å². The van der Waals surface area contributed by atoms with Crippen molar-refractivity contribution in [2.45, 2.75) is 189 Å². The van der Waals surface area contributed by atoms with Gasteiger partial charge in [-0.1, -0.05) is 58.0 Å². The molecule has 0 rings (SSSR count). The van der Waals surface area contributed by atoms with Gasteiger partial charge in [0.25, 0.3) is 0 Å². The van der Waals surface area contributed by atoms with Gasteiger partial charge in [-0.3, -0.25) is 0 Å². The highest BCUT2D eigenvalue weighted by Gasteiger charge is 3.02. The fourth-order valence-corrected chi connectivity index (χ4v) is 7.71. The van der Waals surface area contributed by atoms with Crippen molar-refractivity contribution in [2.24, 2.45) is 0 Å². The van der Waals surface area contributed by atoms with Gasteiger partial charge in [0.15, 0.2) is 0 Å². The van der Waals surface area contributed by atoms with Crippen LogP contribution in [0.25, 0.3) is 0 Å². The predicted octanol–water partition coefficient (Wildman–Crippen LogP) is 20.0. The van der Waals surface area contributed by atoms with Gasteiger partial charge in [-0.2, -0.15) is 220 Å². The fraction of sp³-hybridized carbons (Fsp3) is 1.00. The molecule has 0 spiro atoms. The lowest BCUT2D eigenvalue weighted by molar-refractivity contribution is -0.482. The highest BCUT2D eigenvalue weighted by Crippen LogP contribution is 2.71. The van der Waals surface area contributed by atoms with Crippen molar-refractivity contribution in [1.29, 1.82) is 0 Å². The molecule has 2 atom stereocenters. The van der Waals surface area contributed by atoms with E-state index >= 15 is 0 Å². The highest BCUT2D eigenvalue weighted by atomic mass is 127. The van der Waals surface area contributed by atoms with Crippen molar-refractivity contribution in [3.63, 3.8) is 0 Å². The summed E-state index contributed by atoms with van der Waals surface area (Å²) in [6.45, 7) is 0. The van der Waals surface area contributed by atoms with E-state index in [0.717, 1.165) is 0 Å². The average molecular weight is 1600 g/mol. The zero-order valence-corrected chi connectivity index (χ0v) is 41.4. The summed E-state index contributed by atoms with van der Waals surface area (Å²) in [5.74, 6) is -205. The molecule has 0 aliphatic heterocycles. The molecule has 0 fully saturated rings. The Morgan fingerprint density at radius 1 is 0.167 bits per heavy atom. The summed E-state index contributed by atoms with van der Waals surface area (Å²) < 4.78 is 680. The van der Waals surface area contributed by atoms with Crippen LogP contribution in [0.1, 0.15) is 38.5 Å². The molecule has 0 heterocycles. The van der Waals surface area contributed by atoms with Gasteiger partial charge in [-0.25, -0.2) is 0 Å². The van der Waals surface area contributed by atoms with Crippen molar-refractivity contribution in [1.82, 2.24) is 0 Å². The van der Waals surface area contributed by atoms with Crippen LogP contribution in [0.5, 0.6) is 0 Å². The van der Waals surface area contributed by atoms with E-state index in [1.807, 2.05) is 0 Å². The molecule has 0 N–H and O–H groups in total. The van der Waals surface area contributed by atoms with Gasteiger partial charge >= 0.3 is 143 Å². The molecule has 0 radical (unpaired) electrons. The van der Waals surface area contributed by atoms with Crippen LogP contribution in [-0.2, 0) is 0 Å². The van der Waals surface area contributed by atoms with Gasteiger partial charge in [-0.05, 0) is 12.8 Å². The van der Waals surface area contributed by atoms with Gasteiger partial charge in [0.1, 0.15) is 0 Å². The fourth-order valence-electron chi connectivity index (χ4n) is 5.72. The van der Waals surface area contributed by atoms with E-state index in [2.05, 4.69) is 0 Å².